The molecule has 0 saturated carbocycles. The maximum absolute atomic E-state index is 4.21. The standard InChI is InChI=1S/C11H23N5/c1-5-12-10(7-6-9(2)3)8-11-13-15-16(4)14-11/h9-10,12H,5-8H2,1-4H3. The summed E-state index contributed by atoms with van der Waals surface area (Å²) in [6.07, 6.45) is 3.27. The van der Waals surface area contributed by atoms with E-state index >= 15 is 0 Å². The second kappa shape index (κ2) is 6.58. The van der Waals surface area contributed by atoms with E-state index in [2.05, 4.69) is 41.5 Å². The summed E-state index contributed by atoms with van der Waals surface area (Å²) < 4.78 is 0. The van der Waals surface area contributed by atoms with Crippen molar-refractivity contribution in [3.8, 4) is 0 Å². The predicted octanol–water partition coefficient (Wildman–Crippen LogP) is 1.17. The van der Waals surface area contributed by atoms with E-state index in [4.69, 9.17) is 0 Å². The molecule has 0 aromatic carbocycles. The Morgan fingerprint density at radius 2 is 2.06 bits per heavy atom. The van der Waals surface area contributed by atoms with Crippen molar-refractivity contribution in [2.75, 3.05) is 6.54 Å². The monoisotopic (exact) mass is 225 g/mol. The number of aryl methyl sites for hydroxylation is 1. The number of hydrogen-bond acceptors (Lipinski definition) is 4. The number of rotatable bonds is 7. The van der Waals surface area contributed by atoms with Gasteiger partial charge in [-0.1, -0.05) is 20.8 Å². The maximum Gasteiger partial charge on any atom is 0.176 e. The molecule has 1 atom stereocenters. The van der Waals surface area contributed by atoms with E-state index < -0.39 is 0 Å². The summed E-state index contributed by atoms with van der Waals surface area (Å²) in [5, 5.41) is 15.6. The van der Waals surface area contributed by atoms with E-state index in [1.54, 1.807) is 7.05 Å². The smallest absolute Gasteiger partial charge is 0.176 e. The van der Waals surface area contributed by atoms with Crippen LogP contribution in [-0.4, -0.2) is 32.8 Å². The number of nitrogens with zero attached hydrogens (tertiary/aromatic N) is 4. The molecule has 16 heavy (non-hydrogen) atoms. The molecule has 0 saturated heterocycles. The lowest BCUT2D eigenvalue weighted by Crippen LogP contribution is -2.31. The summed E-state index contributed by atoms with van der Waals surface area (Å²) in [7, 11) is 1.80. The highest BCUT2D eigenvalue weighted by molar-refractivity contribution is 4.84. The molecule has 0 amide bonds. The molecule has 1 aromatic heterocycles. The molecule has 0 bridgehead atoms. The third-order valence-corrected chi connectivity index (χ3v) is 2.56. The number of likely N-dealkylation sites (N-methyl/N-ethyl adjacent to an activating group) is 1. The lowest BCUT2D eigenvalue weighted by molar-refractivity contribution is 0.428. The fourth-order valence-electron chi connectivity index (χ4n) is 1.72. The summed E-state index contributed by atoms with van der Waals surface area (Å²) >= 11 is 0. The molecule has 1 aromatic rings. The second-order valence-corrected chi connectivity index (χ2v) is 4.63. The van der Waals surface area contributed by atoms with Gasteiger partial charge in [0.2, 0.25) is 0 Å². The number of nitrogens with one attached hydrogen (secondary N) is 1. The molecule has 5 nitrogen and oxygen atoms in total. The van der Waals surface area contributed by atoms with Crippen LogP contribution in [0.3, 0.4) is 0 Å². The molecule has 0 aliphatic rings. The molecule has 0 aliphatic heterocycles. The highest BCUT2D eigenvalue weighted by Crippen LogP contribution is 2.09. The maximum atomic E-state index is 4.21. The van der Waals surface area contributed by atoms with Gasteiger partial charge in [0.15, 0.2) is 5.82 Å². The van der Waals surface area contributed by atoms with Crippen molar-refractivity contribution < 1.29 is 0 Å². The first-order valence-corrected chi connectivity index (χ1v) is 6.08. The van der Waals surface area contributed by atoms with Crippen LogP contribution in [0.25, 0.3) is 0 Å². The van der Waals surface area contributed by atoms with Crippen molar-refractivity contribution in [2.45, 2.75) is 46.1 Å². The molecule has 0 spiro atoms. The Kier molecular flexibility index (Phi) is 5.38. The van der Waals surface area contributed by atoms with Gasteiger partial charge < -0.3 is 5.32 Å². The van der Waals surface area contributed by atoms with Gasteiger partial charge in [-0.2, -0.15) is 4.80 Å². The highest BCUT2D eigenvalue weighted by atomic mass is 15.6. The summed E-state index contributed by atoms with van der Waals surface area (Å²) in [5.74, 6) is 1.58. The molecule has 92 valence electrons. The van der Waals surface area contributed by atoms with Gasteiger partial charge in [0, 0.05) is 12.5 Å². The van der Waals surface area contributed by atoms with E-state index in [0.29, 0.717) is 6.04 Å². The van der Waals surface area contributed by atoms with Crippen molar-refractivity contribution in [2.24, 2.45) is 13.0 Å². The van der Waals surface area contributed by atoms with Crippen molar-refractivity contribution in [3.63, 3.8) is 0 Å². The first-order valence-electron chi connectivity index (χ1n) is 6.08. The van der Waals surface area contributed by atoms with Crippen LogP contribution >= 0.6 is 0 Å². The average Bonchev–Trinajstić information content (AvgIpc) is 2.61. The number of tetrazole rings is 1. The van der Waals surface area contributed by atoms with Crippen molar-refractivity contribution in [3.05, 3.63) is 5.82 Å². The second-order valence-electron chi connectivity index (χ2n) is 4.63. The van der Waals surface area contributed by atoms with Gasteiger partial charge in [-0.15, -0.1) is 10.2 Å². The van der Waals surface area contributed by atoms with Gasteiger partial charge >= 0.3 is 0 Å². The third kappa shape index (κ3) is 4.70. The zero-order valence-electron chi connectivity index (χ0n) is 10.8. The predicted molar refractivity (Wildman–Crippen MR) is 64.0 cm³/mol. The number of aromatic nitrogens is 4. The Labute approximate surface area is 97.6 Å². The molecule has 0 aliphatic carbocycles. The topological polar surface area (TPSA) is 55.6 Å². The van der Waals surface area contributed by atoms with E-state index in [-0.39, 0.29) is 0 Å². The van der Waals surface area contributed by atoms with E-state index in [9.17, 15) is 0 Å². The minimum Gasteiger partial charge on any atom is -0.314 e. The van der Waals surface area contributed by atoms with Crippen LogP contribution in [0, 0.1) is 5.92 Å². The van der Waals surface area contributed by atoms with Crippen LogP contribution in [-0.2, 0) is 13.5 Å². The van der Waals surface area contributed by atoms with Crippen molar-refractivity contribution in [1.82, 2.24) is 25.5 Å². The lowest BCUT2D eigenvalue weighted by Gasteiger charge is -2.17. The van der Waals surface area contributed by atoms with Gasteiger partial charge in [-0.05, 0) is 30.5 Å². The Hall–Kier alpha value is -0.970. The van der Waals surface area contributed by atoms with Gasteiger partial charge in [0.25, 0.3) is 0 Å². The molecule has 5 heteroatoms. The summed E-state index contributed by atoms with van der Waals surface area (Å²) in [6.45, 7) is 7.63. The van der Waals surface area contributed by atoms with Crippen molar-refractivity contribution in [1.29, 1.82) is 0 Å². The van der Waals surface area contributed by atoms with Crippen molar-refractivity contribution >= 4 is 0 Å². The first kappa shape index (κ1) is 13.1. The highest BCUT2D eigenvalue weighted by Gasteiger charge is 2.12. The minimum atomic E-state index is 0.469. The van der Waals surface area contributed by atoms with Gasteiger partial charge in [0.1, 0.15) is 0 Å². The number of hydrogen-bond donors (Lipinski definition) is 1. The van der Waals surface area contributed by atoms with Crippen LogP contribution in [0.15, 0.2) is 0 Å². The summed E-state index contributed by atoms with van der Waals surface area (Å²) in [6, 6.07) is 0.469. The SMILES string of the molecule is CCNC(CCC(C)C)Cc1nnn(C)n1. The molecular weight excluding hydrogens is 202 g/mol. The van der Waals surface area contributed by atoms with E-state index in [1.807, 2.05) is 0 Å². The lowest BCUT2D eigenvalue weighted by atomic mass is 10.0. The summed E-state index contributed by atoms with van der Waals surface area (Å²) in [5.41, 5.74) is 0. The Morgan fingerprint density at radius 1 is 1.31 bits per heavy atom. The van der Waals surface area contributed by atoms with Crippen LogP contribution in [0.1, 0.15) is 39.4 Å². The van der Waals surface area contributed by atoms with E-state index in [1.165, 1.54) is 17.6 Å². The quantitative estimate of drug-likeness (QED) is 0.756. The Balaban J connectivity index is 2.43. The van der Waals surface area contributed by atoms with E-state index in [0.717, 1.165) is 24.7 Å². The van der Waals surface area contributed by atoms with Gasteiger partial charge in [0.05, 0.1) is 7.05 Å². The van der Waals surface area contributed by atoms with Crippen LogP contribution in [0.5, 0.6) is 0 Å². The molecule has 1 heterocycles. The Morgan fingerprint density at radius 3 is 2.56 bits per heavy atom. The first-order chi connectivity index (χ1) is 7.61. The zero-order chi connectivity index (χ0) is 12.0. The third-order valence-electron chi connectivity index (χ3n) is 2.56. The molecule has 1 N–H and O–H groups in total. The molecule has 1 unspecified atom stereocenters. The van der Waals surface area contributed by atoms with Crippen LogP contribution in [0.4, 0.5) is 0 Å². The molecule has 0 fully saturated rings. The minimum absolute atomic E-state index is 0.469. The fourth-order valence-corrected chi connectivity index (χ4v) is 1.72. The van der Waals surface area contributed by atoms with Gasteiger partial charge in [-0.3, -0.25) is 0 Å². The normalized spacial score (nSPS) is 13.3. The fraction of sp³-hybridized carbons (Fsp3) is 0.909. The van der Waals surface area contributed by atoms with Gasteiger partial charge in [-0.25, -0.2) is 0 Å². The van der Waals surface area contributed by atoms with Crippen LogP contribution < -0.4 is 5.32 Å². The molecule has 1 rings (SSSR count). The average molecular weight is 225 g/mol. The molecule has 0 radical (unpaired) electrons. The molecular formula is C11H23N5. The summed E-state index contributed by atoms with van der Waals surface area (Å²) in [4.78, 5) is 1.51. The zero-order valence-corrected chi connectivity index (χ0v) is 10.8. The van der Waals surface area contributed by atoms with Crippen LogP contribution in [0.2, 0.25) is 0 Å². The Bertz CT molecular complexity index is 294. The largest absolute Gasteiger partial charge is 0.314 e.